The minimum atomic E-state index is -1.28. The van der Waals surface area contributed by atoms with Crippen LogP contribution in [0.3, 0.4) is 0 Å². The van der Waals surface area contributed by atoms with Gasteiger partial charge >= 0.3 is 23.0 Å². The Hall–Kier alpha value is -3.90. The van der Waals surface area contributed by atoms with Gasteiger partial charge in [0.2, 0.25) is 0 Å². The van der Waals surface area contributed by atoms with Crippen LogP contribution in [0, 0.1) is 10.1 Å². The van der Waals surface area contributed by atoms with Crippen LogP contribution in [0.15, 0.2) is 50.8 Å². The molecule has 0 N–H and O–H groups in total. The molecule has 3 aromatic rings. The smallest absolute Gasteiger partial charge is 0.341 e. The molecule has 0 bridgehead atoms. The van der Waals surface area contributed by atoms with Crippen LogP contribution in [-0.4, -0.2) is 31.7 Å². The molecule has 0 saturated carbocycles. The van der Waals surface area contributed by atoms with Gasteiger partial charge in [-0.15, -0.1) is 0 Å². The zero-order chi connectivity index (χ0) is 24.4. The first kappa shape index (κ1) is 23.8. The number of hydrogen-bond donors (Lipinski definition) is 0. The van der Waals surface area contributed by atoms with Crippen LogP contribution in [0.2, 0.25) is 10.0 Å². The van der Waals surface area contributed by atoms with Crippen molar-refractivity contribution < 1.29 is 19.2 Å². The van der Waals surface area contributed by atoms with Crippen molar-refractivity contribution in [3.8, 4) is 17.2 Å². The summed E-state index contributed by atoms with van der Waals surface area (Å²) in [6, 6.07) is 7.62. The van der Waals surface area contributed by atoms with Crippen molar-refractivity contribution in [2.45, 2.75) is 6.54 Å². The molecule has 12 nitrogen and oxygen atoms in total. The molecule has 0 saturated heterocycles. The lowest BCUT2D eigenvalue weighted by Gasteiger charge is -2.13. The van der Waals surface area contributed by atoms with E-state index in [9.17, 15) is 29.3 Å². The van der Waals surface area contributed by atoms with Gasteiger partial charge in [0.15, 0.2) is 0 Å². The van der Waals surface area contributed by atoms with Crippen molar-refractivity contribution in [2.75, 3.05) is 7.11 Å². The Labute approximate surface area is 193 Å². The van der Waals surface area contributed by atoms with Crippen molar-refractivity contribution in [3.05, 3.63) is 88.0 Å². The number of benzene rings is 2. The molecule has 0 unspecified atom stereocenters. The summed E-state index contributed by atoms with van der Waals surface area (Å²) < 4.78 is 11.4. The quantitative estimate of drug-likeness (QED) is 0.285. The second-order valence-corrected chi connectivity index (χ2v) is 7.39. The molecule has 172 valence electrons. The summed E-state index contributed by atoms with van der Waals surface area (Å²) in [6.45, 7) is -0.812. The lowest BCUT2D eigenvalue weighted by molar-refractivity contribution is -0.384. The van der Waals surface area contributed by atoms with Crippen molar-refractivity contribution in [2.24, 2.45) is 7.05 Å². The van der Waals surface area contributed by atoms with Gasteiger partial charge < -0.3 is 9.47 Å². The Morgan fingerprint density at radius 3 is 2.21 bits per heavy atom. The van der Waals surface area contributed by atoms with Gasteiger partial charge in [-0.05, 0) is 24.3 Å². The van der Waals surface area contributed by atoms with Crippen molar-refractivity contribution in [1.29, 1.82) is 0 Å². The fraction of sp³-hybridized carbons (Fsp3) is 0.158. The highest BCUT2D eigenvalue weighted by Crippen LogP contribution is 2.31. The summed E-state index contributed by atoms with van der Waals surface area (Å²) in [5, 5.41) is 12.1. The average Bonchev–Trinajstić information content (AvgIpc) is 2.74. The lowest BCUT2D eigenvalue weighted by Crippen LogP contribution is -2.53. The van der Waals surface area contributed by atoms with Gasteiger partial charge in [-0.2, -0.15) is 0 Å². The SMILES string of the molecule is COC(=O)Cn1c(=O)n(C)c(=O)n(-c2cc(Oc3cc(Cl)cc(Cl)c3)ccc2[N+](=O)[O-])c1=O. The third-order valence-electron chi connectivity index (χ3n) is 4.39. The number of methoxy groups -OCH3 is 1. The average molecular weight is 497 g/mol. The summed E-state index contributed by atoms with van der Waals surface area (Å²) in [5.41, 5.74) is -4.67. The van der Waals surface area contributed by atoms with Crippen molar-refractivity contribution in [3.63, 3.8) is 0 Å². The number of hydrogen-bond acceptors (Lipinski definition) is 8. The fourth-order valence-electron chi connectivity index (χ4n) is 2.86. The van der Waals surface area contributed by atoms with E-state index in [0.717, 1.165) is 26.3 Å². The Balaban J connectivity index is 2.26. The van der Waals surface area contributed by atoms with E-state index in [4.69, 9.17) is 27.9 Å². The van der Waals surface area contributed by atoms with Crippen LogP contribution in [0.4, 0.5) is 5.69 Å². The number of carbonyl (C=O) groups is 1. The van der Waals surface area contributed by atoms with Crippen LogP contribution in [-0.2, 0) is 23.1 Å². The molecule has 2 aromatic carbocycles. The third kappa shape index (κ3) is 4.81. The fourth-order valence-corrected chi connectivity index (χ4v) is 3.36. The van der Waals surface area contributed by atoms with E-state index in [2.05, 4.69) is 4.74 Å². The van der Waals surface area contributed by atoms with Gasteiger partial charge in [0.05, 0.1) is 12.0 Å². The predicted octanol–water partition coefficient (Wildman–Crippen LogP) is 1.88. The molecule has 14 heteroatoms. The van der Waals surface area contributed by atoms with Crippen LogP contribution in [0.5, 0.6) is 11.5 Å². The molecule has 1 aromatic heterocycles. The highest BCUT2D eigenvalue weighted by molar-refractivity contribution is 6.34. The molecule has 0 aliphatic rings. The standard InChI is InChI=1S/C19H14Cl2N4O8/c1-22-17(27)23(9-16(26)32-2)19(29)24(18(22)28)15-8-12(3-4-14(15)25(30)31)33-13-6-10(20)5-11(21)7-13/h3-8H,9H2,1-2H3. The molecule has 0 aliphatic carbocycles. The zero-order valence-electron chi connectivity index (χ0n) is 17.0. The number of nitro groups is 1. The minimum absolute atomic E-state index is 0.00592. The van der Waals surface area contributed by atoms with E-state index >= 15 is 0 Å². The molecule has 33 heavy (non-hydrogen) atoms. The molecule has 0 atom stereocenters. The molecular formula is C19H14Cl2N4O8. The number of aromatic nitrogens is 3. The summed E-state index contributed by atoms with van der Waals surface area (Å²) in [5.74, 6) is -0.763. The number of carbonyl (C=O) groups excluding carboxylic acids is 1. The van der Waals surface area contributed by atoms with E-state index in [1.54, 1.807) is 0 Å². The first-order valence-electron chi connectivity index (χ1n) is 8.96. The summed E-state index contributed by atoms with van der Waals surface area (Å²) in [6.07, 6.45) is 0. The minimum Gasteiger partial charge on any atom is -0.468 e. The van der Waals surface area contributed by atoms with Crippen molar-refractivity contribution >= 4 is 34.9 Å². The Morgan fingerprint density at radius 2 is 1.64 bits per heavy atom. The maximum atomic E-state index is 13.0. The Morgan fingerprint density at radius 1 is 1.00 bits per heavy atom. The van der Waals surface area contributed by atoms with Gasteiger partial charge in [-0.25, -0.2) is 28.1 Å². The van der Waals surface area contributed by atoms with Gasteiger partial charge in [-0.3, -0.25) is 14.9 Å². The molecule has 0 radical (unpaired) electrons. The van der Waals surface area contributed by atoms with E-state index in [0.29, 0.717) is 13.7 Å². The van der Waals surface area contributed by atoms with E-state index in [-0.39, 0.29) is 21.5 Å². The van der Waals surface area contributed by atoms with Gasteiger partial charge in [0.1, 0.15) is 23.7 Å². The van der Waals surface area contributed by atoms with Crippen LogP contribution >= 0.6 is 23.2 Å². The monoisotopic (exact) mass is 496 g/mol. The molecule has 3 rings (SSSR count). The normalized spacial score (nSPS) is 10.7. The first-order chi connectivity index (χ1) is 15.5. The second kappa shape index (κ2) is 9.30. The third-order valence-corrected chi connectivity index (χ3v) is 4.83. The summed E-state index contributed by atoms with van der Waals surface area (Å²) in [7, 11) is 2.09. The number of ether oxygens (including phenoxy) is 2. The number of rotatable bonds is 6. The molecule has 0 amide bonds. The van der Waals surface area contributed by atoms with Crippen molar-refractivity contribution in [1.82, 2.24) is 13.7 Å². The Kier molecular flexibility index (Phi) is 6.70. The number of nitrogens with zero attached hydrogens (tertiary/aromatic N) is 4. The molecule has 0 aliphatic heterocycles. The predicted molar refractivity (Wildman–Crippen MR) is 117 cm³/mol. The molecular weight excluding hydrogens is 483 g/mol. The van der Waals surface area contributed by atoms with Crippen LogP contribution in [0.1, 0.15) is 0 Å². The van der Waals surface area contributed by atoms with Gasteiger partial charge in [-0.1, -0.05) is 23.2 Å². The topological polar surface area (TPSA) is 145 Å². The van der Waals surface area contributed by atoms with Gasteiger partial charge in [0.25, 0.3) is 5.69 Å². The largest absolute Gasteiger partial charge is 0.468 e. The molecule has 1 heterocycles. The molecule has 0 spiro atoms. The maximum absolute atomic E-state index is 13.0. The van der Waals surface area contributed by atoms with Gasteiger partial charge in [0, 0.05) is 29.2 Å². The number of nitro benzene ring substituents is 1. The second-order valence-electron chi connectivity index (χ2n) is 6.52. The maximum Gasteiger partial charge on any atom is 0.341 e. The summed E-state index contributed by atoms with van der Waals surface area (Å²) in [4.78, 5) is 60.5. The summed E-state index contributed by atoms with van der Waals surface area (Å²) >= 11 is 11.9. The molecule has 0 fully saturated rings. The lowest BCUT2D eigenvalue weighted by atomic mass is 10.2. The highest BCUT2D eigenvalue weighted by Gasteiger charge is 2.24. The highest BCUT2D eigenvalue weighted by atomic mass is 35.5. The number of esters is 1. The first-order valence-corrected chi connectivity index (χ1v) is 9.71. The number of halogens is 2. The van der Waals surface area contributed by atoms with E-state index in [1.165, 1.54) is 24.3 Å². The Bertz CT molecular complexity index is 1440. The van der Waals surface area contributed by atoms with Crippen LogP contribution in [0.25, 0.3) is 5.69 Å². The zero-order valence-corrected chi connectivity index (χ0v) is 18.5. The van der Waals surface area contributed by atoms with Crippen LogP contribution < -0.4 is 21.8 Å². The van der Waals surface area contributed by atoms with E-state index in [1.807, 2.05) is 0 Å². The van der Waals surface area contributed by atoms with E-state index < -0.39 is 45.9 Å².